The predicted molar refractivity (Wildman–Crippen MR) is 63.5 cm³/mol. The van der Waals surface area contributed by atoms with Crippen molar-refractivity contribution in [2.75, 3.05) is 6.67 Å². The number of nitro groups is 1. The third-order valence-electron chi connectivity index (χ3n) is 2.18. The lowest BCUT2D eigenvalue weighted by Gasteiger charge is -2.16. The van der Waals surface area contributed by atoms with E-state index in [-0.39, 0.29) is 18.1 Å². The van der Waals surface area contributed by atoms with E-state index in [4.69, 9.17) is 4.74 Å². The lowest BCUT2D eigenvalue weighted by atomic mass is 10.3. The molecular formula is C11H9N3O4. The Morgan fingerprint density at radius 3 is 2.67 bits per heavy atom. The second kappa shape index (κ2) is 5.09. The second-order valence-electron chi connectivity index (χ2n) is 3.40. The van der Waals surface area contributed by atoms with Crippen LogP contribution < -0.4 is 4.74 Å². The average molecular weight is 247 g/mol. The Bertz CT molecular complexity index is 522. The average Bonchev–Trinajstić information content (AvgIpc) is 2.40. The summed E-state index contributed by atoms with van der Waals surface area (Å²) in [7, 11) is 0. The number of carbonyl (C=O) groups excluding carboxylic acids is 1. The van der Waals surface area contributed by atoms with Gasteiger partial charge < -0.3 is 4.74 Å². The summed E-state index contributed by atoms with van der Waals surface area (Å²) in [6.45, 7) is 0.197. The fraction of sp³-hybridized carbons (Fsp3) is 0.0909. The van der Waals surface area contributed by atoms with E-state index in [1.807, 2.05) is 0 Å². The molecule has 0 fully saturated rings. The van der Waals surface area contributed by atoms with Crippen LogP contribution in [-0.4, -0.2) is 28.8 Å². The highest BCUT2D eigenvalue weighted by atomic mass is 16.6. The van der Waals surface area contributed by atoms with E-state index >= 15 is 0 Å². The van der Waals surface area contributed by atoms with Crippen molar-refractivity contribution in [3.8, 4) is 5.75 Å². The van der Waals surface area contributed by atoms with Gasteiger partial charge in [-0.3, -0.25) is 20.0 Å². The predicted octanol–water partition coefficient (Wildman–Crippen LogP) is 1.95. The minimum absolute atomic E-state index is 0.0581. The molecular weight excluding hydrogens is 238 g/mol. The highest BCUT2D eigenvalue weighted by Crippen LogP contribution is 2.18. The number of hydrogen-bond donors (Lipinski definition) is 0. The van der Waals surface area contributed by atoms with Gasteiger partial charge in [0, 0.05) is 24.5 Å². The molecule has 0 aliphatic carbocycles. The van der Waals surface area contributed by atoms with Crippen LogP contribution in [-0.2, 0) is 0 Å². The van der Waals surface area contributed by atoms with Crippen LogP contribution in [0.15, 0.2) is 41.5 Å². The number of non-ortho nitro benzene ring substituents is 1. The Morgan fingerprint density at radius 1 is 1.39 bits per heavy atom. The van der Waals surface area contributed by atoms with Gasteiger partial charge in [-0.2, -0.15) is 0 Å². The molecule has 7 heteroatoms. The van der Waals surface area contributed by atoms with Gasteiger partial charge in [0.15, 0.2) is 0 Å². The lowest BCUT2D eigenvalue weighted by molar-refractivity contribution is -0.384. The van der Waals surface area contributed by atoms with Crippen LogP contribution in [0.2, 0.25) is 0 Å². The largest absolute Gasteiger partial charge is 0.420 e. The molecule has 92 valence electrons. The molecule has 0 radical (unpaired) electrons. The minimum atomic E-state index is -0.586. The first-order valence-corrected chi connectivity index (χ1v) is 5.06. The SMILES string of the molecule is O=C(Oc1ccc([N+](=O)[O-])cc1)N1C=CC=NC1. The monoisotopic (exact) mass is 247 g/mol. The second-order valence-corrected chi connectivity index (χ2v) is 3.40. The molecule has 7 nitrogen and oxygen atoms in total. The van der Waals surface area contributed by atoms with Crippen LogP contribution in [0.4, 0.5) is 10.5 Å². The molecule has 1 aromatic rings. The summed E-state index contributed by atoms with van der Waals surface area (Å²) in [6.07, 6.45) is 4.15. The van der Waals surface area contributed by atoms with Gasteiger partial charge in [-0.15, -0.1) is 0 Å². The molecule has 0 spiro atoms. The zero-order valence-corrected chi connectivity index (χ0v) is 9.22. The van der Waals surface area contributed by atoms with Crippen molar-refractivity contribution in [1.82, 2.24) is 4.90 Å². The van der Waals surface area contributed by atoms with Gasteiger partial charge in [-0.25, -0.2) is 4.79 Å². The summed E-state index contributed by atoms with van der Waals surface area (Å²) < 4.78 is 5.03. The van der Waals surface area contributed by atoms with E-state index < -0.39 is 11.0 Å². The Kier molecular flexibility index (Phi) is 3.33. The topological polar surface area (TPSA) is 85.0 Å². The van der Waals surface area contributed by atoms with E-state index in [0.717, 1.165) is 0 Å². The molecule has 1 aliphatic rings. The van der Waals surface area contributed by atoms with Crippen LogP contribution in [0.1, 0.15) is 0 Å². The van der Waals surface area contributed by atoms with Crippen molar-refractivity contribution in [3.05, 3.63) is 46.7 Å². The van der Waals surface area contributed by atoms with E-state index in [1.54, 1.807) is 18.5 Å². The number of nitro benzene ring substituents is 1. The first kappa shape index (κ1) is 11.8. The zero-order valence-electron chi connectivity index (χ0n) is 9.22. The fourth-order valence-electron chi connectivity index (χ4n) is 1.30. The minimum Gasteiger partial charge on any atom is -0.410 e. The molecule has 0 aromatic heterocycles. The summed E-state index contributed by atoms with van der Waals surface area (Å²) in [6, 6.07) is 5.28. The van der Waals surface area contributed by atoms with Crippen molar-refractivity contribution < 1.29 is 14.5 Å². The van der Waals surface area contributed by atoms with Gasteiger partial charge >= 0.3 is 6.09 Å². The maximum atomic E-state index is 11.6. The molecule has 0 N–H and O–H groups in total. The smallest absolute Gasteiger partial charge is 0.410 e. The molecule has 18 heavy (non-hydrogen) atoms. The van der Waals surface area contributed by atoms with Crippen LogP contribution >= 0.6 is 0 Å². The van der Waals surface area contributed by atoms with Crippen molar-refractivity contribution in [2.45, 2.75) is 0 Å². The van der Waals surface area contributed by atoms with E-state index in [9.17, 15) is 14.9 Å². The molecule has 1 aromatic carbocycles. The highest BCUT2D eigenvalue weighted by molar-refractivity contribution is 5.77. The molecule has 0 atom stereocenters. The molecule has 0 unspecified atom stereocenters. The Balaban J connectivity index is 2.01. The third kappa shape index (κ3) is 2.70. The summed E-state index contributed by atoms with van der Waals surface area (Å²) in [5.41, 5.74) is -0.0581. The van der Waals surface area contributed by atoms with Gasteiger partial charge in [0.25, 0.3) is 5.69 Å². The number of rotatable bonds is 2. The number of nitrogens with zero attached hydrogens (tertiary/aromatic N) is 3. The molecule has 1 aliphatic heterocycles. The maximum absolute atomic E-state index is 11.6. The standard InChI is InChI=1S/C11H9N3O4/c15-11(13-7-1-6-12-8-13)18-10-4-2-9(3-5-10)14(16)17/h1-7H,8H2. The molecule has 1 heterocycles. The van der Waals surface area contributed by atoms with E-state index in [2.05, 4.69) is 4.99 Å². The van der Waals surface area contributed by atoms with Crippen molar-refractivity contribution in [1.29, 1.82) is 0 Å². The van der Waals surface area contributed by atoms with Gasteiger partial charge in [-0.05, 0) is 18.2 Å². The van der Waals surface area contributed by atoms with Crippen LogP contribution in [0, 0.1) is 10.1 Å². The summed E-state index contributed by atoms with van der Waals surface area (Å²) in [5, 5.41) is 10.4. The molecule has 2 rings (SSSR count). The number of amides is 1. The molecule has 0 saturated carbocycles. The van der Waals surface area contributed by atoms with E-state index in [1.165, 1.54) is 29.2 Å². The van der Waals surface area contributed by atoms with Crippen LogP contribution in [0.3, 0.4) is 0 Å². The fourth-order valence-corrected chi connectivity index (χ4v) is 1.30. The van der Waals surface area contributed by atoms with Gasteiger partial charge in [0.05, 0.1) is 4.92 Å². The summed E-state index contributed by atoms with van der Waals surface area (Å²) >= 11 is 0. The zero-order chi connectivity index (χ0) is 13.0. The van der Waals surface area contributed by atoms with Crippen molar-refractivity contribution in [3.63, 3.8) is 0 Å². The quantitative estimate of drug-likeness (QED) is 0.590. The number of allylic oxidation sites excluding steroid dienone is 1. The highest BCUT2D eigenvalue weighted by Gasteiger charge is 2.14. The number of benzene rings is 1. The van der Waals surface area contributed by atoms with Gasteiger partial charge in [0.1, 0.15) is 12.4 Å². The van der Waals surface area contributed by atoms with Crippen LogP contribution in [0.25, 0.3) is 0 Å². The Labute approximate surface area is 102 Å². The molecule has 0 saturated heterocycles. The number of ether oxygens (including phenoxy) is 1. The van der Waals surface area contributed by atoms with Gasteiger partial charge in [0.2, 0.25) is 0 Å². The van der Waals surface area contributed by atoms with Gasteiger partial charge in [-0.1, -0.05) is 0 Å². The summed E-state index contributed by atoms with van der Waals surface area (Å²) in [4.78, 5) is 26.7. The Hall–Kier alpha value is -2.70. The third-order valence-corrected chi connectivity index (χ3v) is 2.18. The summed E-state index contributed by atoms with van der Waals surface area (Å²) in [5.74, 6) is 0.244. The molecule has 1 amide bonds. The van der Waals surface area contributed by atoms with Crippen molar-refractivity contribution >= 4 is 18.0 Å². The number of carbonyl (C=O) groups is 1. The normalized spacial score (nSPS) is 13.4. The number of hydrogen-bond acceptors (Lipinski definition) is 5. The number of aliphatic imine (C=N–C) groups is 1. The molecule has 0 bridgehead atoms. The van der Waals surface area contributed by atoms with Crippen LogP contribution in [0.5, 0.6) is 5.75 Å². The lowest BCUT2D eigenvalue weighted by Crippen LogP contribution is -2.30. The Morgan fingerprint density at radius 2 is 2.11 bits per heavy atom. The van der Waals surface area contributed by atoms with Crippen molar-refractivity contribution in [2.24, 2.45) is 4.99 Å². The first-order chi connectivity index (χ1) is 8.66. The first-order valence-electron chi connectivity index (χ1n) is 5.06. The van der Waals surface area contributed by atoms with E-state index in [0.29, 0.717) is 0 Å². The maximum Gasteiger partial charge on any atom is 0.420 e.